The maximum Gasteiger partial charge on any atom is 0.253 e. The first-order valence-corrected chi connectivity index (χ1v) is 11.8. The molecular weight excluding hydrogens is 418 g/mol. The predicted molar refractivity (Wildman–Crippen MR) is 125 cm³/mol. The SMILES string of the molecule is O=C(CN1C(=O)[C@@H]2CCCCN2c2ccc(C(=O)N3CCCC3)cc21)NCc1cccnc1. The van der Waals surface area contributed by atoms with E-state index < -0.39 is 0 Å². The molecule has 1 N–H and O–H groups in total. The number of likely N-dealkylation sites (tertiary alicyclic amines) is 1. The summed E-state index contributed by atoms with van der Waals surface area (Å²) in [4.78, 5) is 48.9. The van der Waals surface area contributed by atoms with Crippen molar-refractivity contribution in [2.45, 2.75) is 44.7 Å². The number of amides is 3. The Bertz CT molecular complexity index is 1050. The summed E-state index contributed by atoms with van der Waals surface area (Å²) in [5, 5.41) is 2.89. The van der Waals surface area contributed by atoms with Crippen molar-refractivity contribution in [3.63, 3.8) is 0 Å². The molecule has 3 amide bonds. The molecule has 5 rings (SSSR count). The van der Waals surface area contributed by atoms with Gasteiger partial charge in [0.05, 0.1) is 11.4 Å². The number of rotatable bonds is 5. The second-order valence-electron chi connectivity index (χ2n) is 8.97. The minimum atomic E-state index is -0.252. The molecule has 3 aliphatic heterocycles. The maximum atomic E-state index is 13.5. The van der Waals surface area contributed by atoms with Crippen molar-refractivity contribution in [1.29, 1.82) is 0 Å². The molecule has 2 fully saturated rings. The van der Waals surface area contributed by atoms with Crippen molar-refractivity contribution in [2.75, 3.05) is 36.0 Å². The average molecular weight is 448 g/mol. The average Bonchev–Trinajstić information content (AvgIpc) is 3.40. The van der Waals surface area contributed by atoms with Gasteiger partial charge in [-0.15, -0.1) is 0 Å². The summed E-state index contributed by atoms with van der Waals surface area (Å²) < 4.78 is 0. The fourth-order valence-electron chi connectivity index (χ4n) is 5.06. The Labute approximate surface area is 193 Å². The molecule has 2 saturated heterocycles. The molecule has 1 aromatic carbocycles. The smallest absolute Gasteiger partial charge is 0.253 e. The molecule has 2 aromatic rings. The lowest BCUT2D eigenvalue weighted by atomic mass is 9.95. The van der Waals surface area contributed by atoms with Crippen LogP contribution in [-0.4, -0.2) is 59.8 Å². The standard InChI is InChI=1S/C25H29N5O3/c31-23(27-16-18-6-5-10-26-15-18)17-30-22-14-19(24(32)28-11-3-4-12-28)8-9-20(22)29-13-2-1-7-21(29)25(30)33/h5-6,8-10,14-15,21H,1-4,7,11-13,16-17H2,(H,27,31)/t21-/m0/s1. The number of nitrogens with one attached hydrogen (secondary N) is 1. The van der Waals surface area contributed by atoms with E-state index in [9.17, 15) is 14.4 Å². The lowest BCUT2D eigenvalue weighted by Crippen LogP contribution is -2.57. The number of anilines is 2. The van der Waals surface area contributed by atoms with Gasteiger partial charge in [-0.3, -0.25) is 24.3 Å². The lowest BCUT2D eigenvalue weighted by Gasteiger charge is -2.45. The van der Waals surface area contributed by atoms with Crippen LogP contribution in [0, 0.1) is 0 Å². The number of hydrogen-bond acceptors (Lipinski definition) is 5. The van der Waals surface area contributed by atoms with Gasteiger partial charge >= 0.3 is 0 Å². The van der Waals surface area contributed by atoms with Crippen LogP contribution in [0.25, 0.3) is 0 Å². The van der Waals surface area contributed by atoms with Gasteiger partial charge in [-0.05, 0) is 61.9 Å². The number of nitrogens with zero attached hydrogens (tertiary/aromatic N) is 4. The second-order valence-corrected chi connectivity index (χ2v) is 8.97. The summed E-state index contributed by atoms with van der Waals surface area (Å²) in [5.41, 5.74) is 3.05. The molecule has 8 nitrogen and oxygen atoms in total. The van der Waals surface area contributed by atoms with Crippen molar-refractivity contribution in [3.05, 3.63) is 53.9 Å². The summed E-state index contributed by atoms with van der Waals surface area (Å²) in [6.07, 6.45) is 8.24. The van der Waals surface area contributed by atoms with E-state index in [1.54, 1.807) is 23.4 Å². The molecule has 3 aliphatic rings. The lowest BCUT2D eigenvalue weighted by molar-refractivity contribution is -0.125. The van der Waals surface area contributed by atoms with E-state index in [2.05, 4.69) is 15.2 Å². The van der Waals surface area contributed by atoms with Crippen LogP contribution in [0.3, 0.4) is 0 Å². The number of carbonyl (C=O) groups excluding carboxylic acids is 3. The predicted octanol–water partition coefficient (Wildman–Crippen LogP) is 2.34. The van der Waals surface area contributed by atoms with Gasteiger partial charge in [-0.2, -0.15) is 0 Å². The van der Waals surface area contributed by atoms with Crippen molar-refractivity contribution >= 4 is 29.1 Å². The first-order valence-electron chi connectivity index (χ1n) is 11.8. The third-order valence-electron chi connectivity index (χ3n) is 6.78. The Morgan fingerprint density at radius 3 is 2.64 bits per heavy atom. The zero-order valence-corrected chi connectivity index (χ0v) is 18.7. The van der Waals surface area contributed by atoms with E-state index in [0.29, 0.717) is 17.8 Å². The van der Waals surface area contributed by atoms with E-state index in [0.717, 1.165) is 63.0 Å². The summed E-state index contributed by atoms with van der Waals surface area (Å²) in [5.74, 6) is -0.312. The zero-order valence-electron chi connectivity index (χ0n) is 18.7. The molecular formula is C25H29N5O3. The fourth-order valence-corrected chi connectivity index (χ4v) is 5.06. The molecule has 33 heavy (non-hydrogen) atoms. The van der Waals surface area contributed by atoms with Crippen molar-refractivity contribution in [3.8, 4) is 0 Å². The normalized spacial score (nSPS) is 19.8. The minimum absolute atomic E-state index is 0.00973. The van der Waals surface area contributed by atoms with E-state index in [1.165, 1.54) is 0 Å². The highest BCUT2D eigenvalue weighted by atomic mass is 16.2. The summed E-state index contributed by atoms with van der Waals surface area (Å²) >= 11 is 0. The number of aromatic nitrogens is 1. The van der Waals surface area contributed by atoms with Gasteiger partial charge in [0.1, 0.15) is 12.6 Å². The number of benzene rings is 1. The molecule has 1 aromatic heterocycles. The Hall–Kier alpha value is -3.42. The van der Waals surface area contributed by atoms with Gasteiger partial charge in [0.2, 0.25) is 11.8 Å². The van der Waals surface area contributed by atoms with Crippen LogP contribution >= 0.6 is 0 Å². The van der Waals surface area contributed by atoms with Crippen molar-refractivity contribution in [1.82, 2.24) is 15.2 Å². The Morgan fingerprint density at radius 1 is 1.03 bits per heavy atom. The molecule has 172 valence electrons. The van der Waals surface area contributed by atoms with Crippen LogP contribution in [0.4, 0.5) is 11.4 Å². The van der Waals surface area contributed by atoms with Crippen molar-refractivity contribution < 1.29 is 14.4 Å². The van der Waals surface area contributed by atoms with Crippen LogP contribution in [0.1, 0.15) is 48.0 Å². The van der Waals surface area contributed by atoms with Crippen molar-refractivity contribution in [2.24, 2.45) is 0 Å². The van der Waals surface area contributed by atoms with Gasteiger partial charge in [-0.25, -0.2) is 0 Å². The number of fused-ring (bicyclic) bond motifs is 3. The largest absolute Gasteiger partial charge is 0.358 e. The topological polar surface area (TPSA) is 85.9 Å². The monoisotopic (exact) mass is 447 g/mol. The summed E-state index contributed by atoms with van der Waals surface area (Å²) in [6.45, 7) is 2.62. The van der Waals surface area contributed by atoms with E-state index in [4.69, 9.17) is 0 Å². The Balaban J connectivity index is 1.41. The van der Waals surface area contributed by atoms with Gasteiger partial charge < -0.3 is 15.1 Å². The Morgan fingerprint density at radius 2 is 1.85 bits per heavy atom. The first kappa shape index (κ1) is 21.4. The summed E-state index contributed by atoms with van der Waals surface area (Å²) in [6, 6.07) is 9.07. The number of carbonyl (C=O) groups is 3. The van der Waals surface area contributed by atoms with E-state index in [-0.39, 0.29) is 30.3 Å². The number of pyridine rings is 1. The molecule has 0 bridgehead atoms. The fraction of sp³-hybridized carbons (Fsp3) is 0.440. The van der Waals surface area contributed by atoms with Crippen LogP contribution in [0.2, 0.25) is 0 Å². The van der Waals surface area contributed by atoms with Gasteiger partial charge in [-0.1, -0.05) is 6.07 Å². The second kappa shape index (κ2) is 9.21. The third kappa shape index (κ3) is 4.29. The van der Waals surface area contributed by atoms with Crippen LogP contribution < -0.4 is 15.1 Å². The zero-order chi connectivity index (χ0) is 22.8. The maximum absolute atomic E-state index is 13.5. The van der Waals surface area contributed by atoms with Crippen LogP contribution in [0.5, 0.6) is 0 Å². The van der Waals surface area contributed by atoms with Gasteiger partial charge in [0, 0.05) is 44.1 Å². The molecule has 0 aliphatic carbocycles. The molecule has 0 radical (unpaired) electrons. The first-order chi connectivity index (χ1) is 16.1. The molecule has 0 unspecified atom stereocenters. The molecule has 1 atom stereocenters. The highest BCUT2D eigenvalue weighted by Gasteiger charge is 2.40. The third-order valence-corrected chi connectivity index (χ3v) is 6.78. The number of piperidine rings is 1. The molecule has 4 heterocycles. The van der Waals surface area contributed by atoms with Gasteiger partial charge in [0.25, 0.3) is 5.91 Å². The van der Waals surface area contributed by atoms with E-state index >= 15 is 0 Å². The Kier molecular flexibility index (Phi) is 5.98. The minimum Gasteiger partial charge on any atom is -0.358 e. The molecule has 0 spiro atoms. The highest BCUT2D eigenvalue weighted by molar-refractivity contribution is 6.09. The summed E-state index contributed by atoms with van der Waals surface area (Å²) in [7, 11) is 0. The van der Waals surface area contributed by atoms with E-state index in [1.807, 2.05) is 29.2 Å². The quantitative estimate of drug-likeness (QED) is 0.761. The number of hydrogen-bond donors (Lipinski definition) is 1. The molecule has 0 saturated carbocycles. The molecule has 8 heteroatoms. The van der Waals surface area contributed by atoms with Crippen LogP contribution in [-0.2, 0) is 16.1 Å². The highest BCUT2D eigenvalue weighted by Crippen LogP contribution is 2.40. The van der Waals surface area contributed by atoms with Crippen LogP contribution in [0.15, 0.2) is 42.7 Å². The van der Waals surface area contributed by atoms with Gasteiger partial charge in [0.15, 0.2) is 0 Å².